The van der Waals surface area contributed by atoms with Crippen LogP contribution < -0.4 is 5.73 Å². The molecule has 0 amide bonds. The van der Waals surface area contributed by atoms with Crippen molar-refractivity contribution in [3.63, 3.8) is 0 Å². The summed E-state index contributed by atoms with van der Waals surface area (Å²) >= 11 is 0. The van der Waals surface area contributed by atoms with Crippen molar-refractivity contribution in [2.24, 2.45) is 17.6 Å². The van der Waals surface area contributed by atoms with Crippen molar-refractivity contribution in [2.75, 3.05) is 20.1 Å². The van der Waals surface area contributed by atoms with Crippen LogP contribution in [-0.4, -0.2) is 32.9 Å². The van der Waals surface area contributed by atoms with E-state index in [2.05, 4.69) is 18.8 Å². The summed E-state index contributed by atoms with van der Waals surface area (Å²) in [4.78, 5) is 0.268. The molecule has 1 saturated carbocycles. The van der Waals surface area contributed by atoms with Gasteiger partial charge in [-0.15, -0.1) is 0 Å². The van der Waals surface area contributed by atoms with Crippen LogP contribution in [0.4, 0.5) is 0 Å². The number of nitrogens with zero attached hydrogens (tertiary/aromatic N) is 1. The molecule has 2 N–H and O–H groups in total. The van der Waals surface area contributed by atoms with E-state index in [9.17, 15) is 8.42 Å². The minimum absolute atomic E-state index is 0.211. The van der Waals surface area contributed by atoms with E-state index in [4.69, 9.17) is 5.73 Å². The Hall–Kier alpha value is -1.35. The Morgan fingerprint density at radius 1 is 1.43 bits per heavy atom. The van der Waals surface area contributed by atoms with Crippen molar-refractivity contribution in [1.29, 1.82) is 0 Å². The molecule has 21 heavy (non-hydrogen) atoms. The molecule has 1 aliphatic rings. The summed E-state index contributed by atoms with van der Waals surface area (Å²) < 4.78 is 26.9. The first-order valence-corrected chi connectivity index (χ1v) is 8.56. The van der Waals surface area contributed by atoms with Gasteiger partial charge >= 0.3 is 0 Å². The topological polar surface area (TPSA) is 63.4 Å². The van der Waals surface area contributed by atoms with Gasteiger partial charge in [0.25, 0.3) is 0 Å². The molecule has 2 unspecified atom stereocenters. The molecule has 1 aromatic carbocycles. The monoisotopic (exact) mass is 306 g/mol. The Bertz CT molecular complexity index is 686. The van der Waals surface area contributed by atoms with Crippen LogP contribution in [-0.2, 0) is 10.0 Å². The van der Waals surface area contributed by atoms with Gasteiger partial charge < -0.3 is 5.73 Å². The summed E-state index contributed by atoms with van der Waals surface area (Å²) in [5.41, 5.74) is 6.89. The summed E-state index contributed by atoms with van der Waals surface area (Å²) in [7, 11) is -1.87. The normalized spacial score (nSPS) is 21.0. The zero-order valence-electron chi connectivity index (χ0n) is 12.8. The summed E-state index contributed by atoms with van der Waals surface area (Å²) in [5, 5.41) is 0. The van der Waals surface area contributed by atoms with E-state index in [0.29, 0.717) is 23.9 Å². The summed E-state index contributed by atoms with van der Waals surface area (Å²) in [6.07, 6.45) is 1.10. The Labute approximate surface area is 127 Å². The van der Waals surface area contributed by atoms with E-state index in [1.165, 1.54) is 4.31 Å². The Balaban J connectivity index is 2.34. The van der Waals surface area contributed by atoms with Crippen LogP contribution in [0.2, 0.25) is 0 Å². The van der Waals surface area contributed by atoms with Crippen molar-refractivity contribution >= 4 is 10.0 Å². The average Bonchev–Trinajstić information content (AvgIpc) is 3.11. The molecule has 114 valence electrons. The van der Waals surface area contributed by atoms with Crippen LogP contribution in [0.25, 0.3) is 0 Å². The first kappa shape index (κ1) is 16.0. The smallest absolute Gasteiger partial charge is 0.244 e. The molecule has 0 saturated heterocycles. The molecule has 2 rings (SSSR count). The van der Waals surface area contributed by atoms with Crippen molar-refractivity contribution in [3.05, 3.63) is 29.3 Å². The van der Waals surface area contributed by atoms with E-state index in [0.717, 1.165) is 12.0 Å². The van der Waals surface area contributed by atoms with Gasteiger partial charge in [-0.1, -0.05) is 24.8 Å². The molecule has 5 heteroatoms. The minimum atomic E-state index is -3.51. The maximum Gasteiger partial charge on any atom is 0.244 e. The minimum Gasteiger partial charge on any atom is -0.320 e. The van der Waals surface area contributed by atoms with Gasteiger partial charge in [0.15, 0.2) is 0 Å². The zero-order chi connectivity index (χ0) is 15.6. The van der Waals surface area contributed by atoms with Crippen LogP contribution in [0, 0.1) is 30.6 Å². The second-order valence-corrected chi connectivity index (χ2v) is 7.78. The number of benzene rings is 1. The molecule has 0 aromatic heterocycles. The molecule has 0 heterocycles. The quantitative estimate of drug-likeness (QED) is 0.859. The van der Waals surface area contributed by atoms with Gasteiger partial charge in [-0.05, 0) is 42.9 Å². The fraction of sp³-hybridized carbons (Fsp3) is 0.500. The van der Waals surface area contributed by atoms with Crippen molar-refractivity contribution in [1.82, 2.24) is 4.31 Å². The van der Waals surface area contributed by atoms with E-state index in [-0.39, 0.29) is 11.4 Å². The van der Waals surface area contributed by atoms with Crippen LogP contribution in [0.5, 0.6) is 0 Å². The highest BCUT2D eigenvalue weighted by Gasteiger charge is 2.36. The number of sulfonamides is 1. The fourth-order valence-electron chi connectivity index (χ4n) is 2.36. The predicted molar refractivity (Wildman–Crippen MR) is 84.2 cm³/mol. The highest BCUT2D eigenvalue weighted by Crippen LogP contribution is 2.38. The second-order valence-electron chi connectivity index (χ2n) is 5.76. The maximum atomic E-state index is 12.7. The van der Waals surface area contributed by atoms with E-state index < -0.39 is 10.0 Å². The lowest BCUT2D eigenvalue weighted by molar-refractivity contribution is 0.444. The van der Waals surface area contributed by atoms with Crippen LogP contribution in [0.15, 0.2) is 23.1 Å². The molecule has 0 spiro atoms. The van der Waals surface area contributed by atoms with Crippen molar-refractivity contribution in [2.45, 2.75) is 25.2 Å². The molecule has 1 aromatic rings. The van der Waals surface area contributed by atoms with Gasteiger partial charge in [0.2, 0.25) is 10.0 Å². The Kier molecular flexibility index (Phi) is 4.72. The van der Waals surface area contributed by atoms with Gasteiger partial charge in [-0.2, -0.15) is 0 Å². The lowest BCUT2D eigenvalue weighted by atomic mass is 10.1. The highest BCUT2D eigenvalue weighted by atomic mass is 32.2. The Morgan fingerprint density at radius 2 is 2.10 bits per heavy atom. The molecule has 2 atom stereocenters. The third-order valence-corrected chi connectivity index (χ3v) is 5.80. The molecule has 0 aliphatic heterocycles. The van der Waals surface area contributed by atoms with Gasteiger partial charge in [-0.3, -0.25) is 0 Å². The van der Waals surface area contributed by atoms with Crippen LogP contribution in [0.1, 0.15) is 24.5 Å². The number of hydrogen-bond acceptors (Lipinski definition) is 3. The largest absolute Gasteiger partial charge is 0.320 e. The standard InChI is InChI=1S/C16H22N2O2S/c1-12-6-7-16(14(9-12)5-4-8-17)21(19,20)18(3)11-15-10-13(15)2/h6-7,9,13,15H,8,10-11,17H2,1-3H3. The van der Waals surface area contributed by atoms with Crippen LogP contribution in [0.3, 0.4) is 0 Å². The molecule has 1 fully saturated rings. The maximum absolute atomic E-state index is 12.7. The Morgan fingerprint density at radius 3 is 2.67 bits per heavy atom. The van der Waals surface area contributed by atoms with Crippen LogP contribution >= 0.6 is 0 Å². The van der Waals surface area contributed by atoms with Crippen molar-refractivity contribution < 1.29 is 8.42 Å². The lowest BCUT2D eigenvalue weighted by Gasteiger charge is -2.18. The van der Waals surface area contributed by atoms with Gasteiger partial charge in [-0.25, -0.2) is 12.7 Å². The summed E-state index contributed by atoms with van der Waals surface area (Å²) in [6.45, 7) is 4.85. The first-order chi connectivity index (χ1) is 9.86. The number of hydrogen-bond donors (Lipinski definition) is 1. The summed E-state index contributed by atoms with van der Waals surface area (Å²) in [6, 6.07) is 5.23. The van der Waals surface area contributed by atoms with Crippen molar-refractivity contribution in [3.8, 4) is 11.8 Å². The van der Waals surface area contributed by atoms with E-state index in [1.54, 1.807) is 25.2 Å². The third kappa shape index (κ3) is 3.65. The number of rotatable bonds is 4. The fourth-order valence-corrected chi connectivity index (χ4v) is 3.71. The molecule has 4 nitrogen and oxygen atoms in total. The lowest BCUT2D eigenvalue weighted by Crippen LogP contribution is -2.29. The van der Waals surface area contributed by atoms with E-state index >= 15 is 0 Å². The van der Waals surface area contributed by atoms with Gasteiger partial charge in [0, 0.05) is 19.2 Å². The molecule has 1 aliphatic carbocycles. The van der Waals surface area contributed by atoms with Gasteiger partial charge in [0.05, 0.1) is 11.4 Å². The molecular weight excluding hydrogens is 284 g/mol. The number of aryl methyl sites for hydroxylation is 1. The average molecular weight is 306 g/mol. The SMILES string of the molecule is Cc1ccc(S(=O)(=O)N(C)CC2CC2C)c(C#CCN)c1. The third-order valence-electron chi connectivity index (χ3n) is 3.92. The zero-order valence-corrected chi connectivity index (χ0v) is 13.6. The van der Waals surface area contributed by atoms with E-state index in [1.807, 2.05) is 6.92 Å². The molecule has 0 radical (unpaired) electrons. The van der Waals surface area contributed by atoms with Gasteiger partial charge in [0.1, 0.15) is 0 Å². The molecule has 0 bridgehead atoms. The highest BCUT2D eigenvalue weighted by molar-refractivity contribution is 7.89. The first-order valence-electron chi connectivity index (χ1n) is 7.12. The number of nitrogens with two attached hydrogens (primary N) is 1. The second kappa shape index (κ2) is 6.18. The predicted octanol–water partition coefficient (Wildman–Crippen LogP) is 1.58. The molecular formula is C16H22N2O2S. The summed E-state index contributed by atoms with van der Waals surface area (Å²) in [5.74, 6) is 6.71.